The minimum Gasteiger partial charge on any atom is -0.394 e. The van der Waals surface area contributed by atoms with Crippen molar-refractivity contribution in [3.8, 4) is 0 Å². The Bertz CT molecular complexity index is 1680. The first-order valence-electron chi connectivity index (χ1n) is 35.1. The molecule has 1 amide bonds. The molecule has 0 aromatic rings. The molecule has 3 fully saturated rings. The fourth-order valence-corrected chi connectivity index (χ4v) is 12.1. The van der Waals surface area contributed by atoms with Gasteiger partial charge in [-0.05, 0) is 44.9 Å². The van der Waals surface area contributed by atoms with Gasteiger partial charge in [0.15, 0.2) is 18.9 Å². The molecule has 512 valence electrons. The van der Waals surface area contributed by atoms with Crippen molar-refractivity contribution in [2.45, 2.75) is 375 Å². The van der Waals surface area contributed by atoms with Crippen LogP contribution in [-0.4, -0.2) is 193 Å². The van der Waals surface area contributed by atoms with Gasteiger partial charge in [-0.15, -0.1) is 0 Å². The molecule has 3 aliphatic rings. The zero-order valence-electron chi connectivity index (χ0n) is 54.0. The molecule has 3 heterocycles. The Morgan fingerprint density at radius 3 is 1.17 bits per heavy atom. The number of hydrogen-bond donors (Lipinski definition) is 12. The Kier molecular flexibility index (Phi) is 46.4. The number of carbonyl (C=O) groups is 1. The van der Waals surface area contributed by atoms with Crippen LogP contribution in [0.5, 0.6) is 0 Å². The van der Waals surface area contributed by atoms with Crippen LogP contribution >= 0.6 is 0 Å². The van der Waals surface area contributed by atoms with Crippen molar-refractivity contribution in [2.75, 3.05) is 26.4 Å². The van der Waals surface area contributed by atoms with Gasteiger partial charge in [0.1, 0.15) is 73.2 Å². The monoisotopic (exact) mass is 1250 g/mol. The molecule has 0 aromatic carbocycles. The Labute approximate surface area is 524 Å². The maximum atomic E-state index is 13.4. The molecule has 0 saturated carbocycles. The summed E-state index contributed by atoms with van der Waals surface area (Å²) in [6, 6.07) is -0.889. The van der Waals surface area contributed by atoms with Crippen LogP contribution < -0.4 is 5.32 Å². The Hall–Kier alpha value is -1.73. The highest BCUT2D eigenvalue weighted by molar-refractivity contribution is 5.76. The molecule has 0 radical (unpaired) electrons. The van der Waals surface area contributed by atoms with E-state index in [9.17, 15) is 61.0 Å². The lowest BCUT2D eigenvalue weighted by atomic mass is 9.96. The predicted octanol–water partition coefficient (Wildman–Crippen LogP) is 9.05. The smallest absolute Gasteiger partial charge is 0.220 e. The topological polar surface area (TPSA) is 307 Å². The van der Waals surface area contributed by atoms with Crippen molar-refractivity contribution in [1.82, 2.24) is 5.32 Å². The summed E-state index contributed by atoms with van der Waals surface area (Å²) in [6.45, 7) is 1.81. The second-order valence-electron chi connectivity index (χ2n) is 25.3. The van der Waals surface area contributed by atoms with E-state index in [0.29, 0.717) is 12.8 Å². The Balaban J connectivity index is 1.44. The van der Waals surface area contributed by atoms with Crippen LogP contribution in [0, 0.1) is 0 Å². The number of aliphatic hydroxyl groups is 11. The predicted molar refractivity (Wildman–Crippen MR) is 337 cm³/mol. The number of unbranched alkanes of at least 4 members (excludes halogenated alkanes) is 34. The first-order chi connectivity index (χ1) is 42.3. The van der Waals surface area contributed by atoms with E-state index >= 15 is 0 Å². The zero-order valence-corrected chi connectivity index (χ0v) is 54.0. The molecular formula is C68H127NO18. The SMILES string of the molecule is CCCCCCC/C=C\C/C=C\CCCCCCCCCCCC(=O)NC(COC1OC(CO)C(OC2OC(CO)C(OC3OC(CO)C(O)C(O)C3O)C(O)C2O)C(O)C1O)C(O)CCCCCCCCCCCCCCCCCCCCCCC. The average molecular weight is 1250 g/mol. The molecule has 87 heavy (non-hydrogen) atoms. The minimum absolute atomic E-state index is 0.244. The van der Waals surface area contributed by atoms with Crippen molar-refractivity contribution < 1.29 is 89.4 Å². The van der Waals surface area contributed by atoms with Gasteiger partial charge >= 0.3 is 0 Å². The molecule has 19 heteroatoms. The lowest BCUT2D eigenvalue weighted by Gasteiger charge is -2.48. The molecule has 3 rings (SSSR count). The summed E-state index contributed by atoms with van der Waals surface area (Å²) < 4.78 is 34.4. The number of aliphatic hydroxyl groups excluding tert-OH is 11. The number of amides is 1. The Morgan fingerprint density at radius 1 is 0.414 bits per heavy atom. The van der Waals surface area contributed by atoms with Gasteiger partial charge in [0.2, 0.25) is 5.91 Å². The molecule has 0 aromatic heterocycles. The van der Waals surface area contributed by atoms with Crippen molar-refractivity contribution in [1.29, 1.82) is 0 Å². The fraction of sp³-hybridized carbons (Fsp3) is 0.926. The highest BCUT2D eigenvalue weighted by atomic mass is 16.8. The average Bonchev–Trinajstić information content (AvgIpc) is 2.40. The van der Waals surface area contributed by atoms with Gasteiger partial charge in [-0.25, -0.2) is 0 Å². The summed E-state index contributed by atoms with van der Waals surface area (Å²) in [5.74, 6) is -0.244. The van der Waals surface area contributed by atoms with Gasteiger partial charge in [0.25, 0.3) is 0 Å². The molecule has 0 aliphatic carbocycles. The third-order valence-electron chi connectivity index (χ3n) is 17.8. The first kappa shape index (κ1) is 79.5. The molecule has 12 N–H and O–H groups in total. The number of allylic oxidation sites excluding steroid dienone is 4. The molecule has 19 nitrogen and oxygen atoms in total. The second-order valence-corrected chi connectivity index (χ2v) is 25.3. The molecular weight excluding hydrogens is 1120 g/mol. The van der Waals surface area contributed by atoms with Crippen LogP contribution in [0.25, 0.3) is 0 Å². The standard InChI is InChI=1S/C68H127NO18/c1-3-5-7-9-11-13-15-17-19-21-23-25-27-29-31-33-35-37-39-41-43-45-52(73)51(69-56(74)46-44-42-40-38-36-34-32-30-28-26-24-22-20-18-16-14-12-10-8-6-4-2)50-82-66-62(80)59(77)64(54(48-71)84-66)87-68-63(81)60(78)65(55(49-72)85-68)86-67-61(79)58(76)57(75)53(47-70)83-67/h16,18,22,24,51-55,57-68,70-73,75-81H,3-15,17,19-21,23,25-50H2,1-2H3,(H,69,74)/b18-16-,24-22-. The number of carbonyl (C=O) groups excluding carboxylic acids is 1. The molecule has 17 unspecified atom stereocenters. The molecule has 17 atom stereocenters. The molecule has 0 spiro atoms. The lowest BCUT2D eigenvalue weighted by Crippen LogP contribution is -2.66. The maximum Gasteiger partial charge on any atom is 0.220 e. The van der Waals surface area contributed by atoms with E-state index in [1.54, 1.807) is 0 Å². The van der Waals surface area contributed by atoms with Gasteiger partial charge in [0, 0.05) is 6.42 Å². The maximum absolute atomic E-state index is 13.4. The van der Waals surface area contributed by atoms with Crippen LogP contribution in [0.4, 0.5) is 0 Å². The third kappa shape index (κ3) is 33.1. The normalized spacial score (nSPS) is 28.7. The number of rotatable bonds is 54. The van der Waals surface area contributed by atoms with Crippen LogP contribution in [0.15, 0.2) is 24.3 Å². The van der Waals surface area contributed by atoms with Crippen molar-refractivity contribution >= 4 is 5.91 Å². The van der Waals surface area contributed by atoms with E-state index in [2.05, 4.69) is 43.5 Å². The number of hydrogen-bond acceptors (Lipinski definition) is 18. The summed E-state index contributed by atoms with van der Waals surface area (Å²) in [5.41, 5.74) is 0. The van der Waals surface area contributed by atoms with Crippen molar-refractivity contribution in [2.24, 2.45) is 0 Å². The van der Waals surface area contributed by atoms with E-state index < -0.39 is 124 Å². The van der Waals surface area contributed by atoms with E-state index in [4.69, 9.17) is 28.4 Å². The van der Waals surface area contributed by atoms with Crippen LogP contribution in [0.1, 0.15) is 271 Å². The highest BCUT2D eigenvalue weighted by Crippen LogP contribution is 2.33. The van der Waals surface area contributed by atoms with Crippen LogP contribution in [-0.2, 0) is 33.2 Å². The summed E-state index contributed by atoms with van der Waals surface area (Å²) in [5, 5.41) is 121. The van der Waals surface area contributed by atoms with E-state index in [-0.39, 0.29) is 18.9 Å². The van der Waals surface area contributed by atoms with E-state index in [0.717, 1.165) is 57.8 Å². The molecule has 0 bridgehead atoms. The summed E-state index contributed by atoms with van der Waals surface area (Å²) in [4.78, 5) is 13.4. The second kappa shape index (κ2) is 50.8. The summed E-state index contributed by atoms with van der Waals surface area (Å²) >= 11 is 0. The lowest BCUT2D eigenvalue weighted by molar-refractivity contribution is -0.379. The quantitative estimate of drug-likeness (QED) is 0.0200. The molecule has 3 saturated heterocycles. The first-order valence-corrected chi connectivity index (χ1v) is 35.1. The van der Waals surface area contributed by atoms with E-state index in [1.165, 1.54) is 180 Å². The van der Waals surface area contributed by atoms with E-state index in [1.807, 2.05) is 0 Å². The van der Waals surface area contributed by atoms with Gasteiger partial charge in [-0.1, -0.05) is 244 Å². The van der Waals surface area contributed by atoms with Gasteiger partial charge in [0.05, 0.1) is 38.6 Å². The van der Waals surface area contributed by atoms with Crippen LogP contribution in [0.3, 0.4) is 0 Å². The van der Waals surface area contributed by atoms with Gasteiger partial charge in [-0.3, -0.25) is 4.79 Å². The zero-order chi connectivity index (χ0) is 63.3. The summed E-state index contributed by atoms with van der Waals surface area (Å²) in [7, 11) is 0. The Morgan fingerprint density at radius 2 is 0.759 bits per heavy atom. The fourth-order valence-electron chi connectivity index (χ4n) is 12.1. The van der Waals surface area contributed by atoms with Crippen molar-refractivity contribution in [3.05, 3.63) is 24.3 Å². The largest absolute Gasteiger partial charge is 0.394 e. The minimum atomic E-state index is -1.97. The highest BCUT2D eigenvalue weighted by Gasteiger charge is 2.53. The van der Waals surface area contributed by atoms with Crippen LogP contribution in [0.2, 0.25) is 0 Å². The third-order valence-corrected chi connectivity index (χ3v) is 17.8. The number of ether oxygens (including phenoxy) is 6. The molecule has 3 aliphatic heterocycles. The number of nitrogens with one attached hydrogen (secondary N) is 1. The van der Waals surface area contributed by atoms with Crippen molar-refractivity contribution in [3.63, 3.8) is 0 Å². The summed E-state index contributed by atoms with van der Waals surface area (Å²) in [6.07, 6.45) is 29.6. The van der Waals surface area contributed by atoms with Gasteiger partial charge < -0.3 is 89.9 Å². The van der Waals surface area contributed by atoms with Gasteiger partial charge in [-0.2, -0.15) is 0 Å².